The molecule has 0 bridgehead atoms. The summed E-state index contributed by atoms with van der Waals surface area (Å²) in [5.41, 5.74) is -0.546. The van der Waals surface area contributed by atoms with Gasteiger partial charge in [-0.15, -0.1) is 0 Å². The first-order chi connectivity index (χ1) is 8.08. The smallest absolute Gasteiger partial charge is 0.328 e. The van der Waals surface area contributed by atoms with E-state index >= 15 is 0 Å². The minimum atomic E-state index is -0.548. The van der Waals surface area contributed by atoms with Crippen LogP contribution in [-0.4, -0.2) is 28.5 Å². The van der Waals surface area contributed by atoms with Crippen LogP contribution >= 0.6 is 0 Å². The van der Waals surface area contributed by atoms with Crippen molar-refractivity contribution in [1.82, 2.24) is 9.55 Å². The molecule has 17 heavy (non-hydrogen) atoms. The van der Waals surface area contributed by atoms with Crippen molar-refractivity contribution in [1.29, 1.82) is 0 Å². The number of carbonyl (C=O) groups is 1. The number of aromatic amines is 1. The van der Waals surface area contributed by atoms with Crippen LogP contribution in [0.2, 0.25) is 0 Å². The molecule has 1 saturated heterocycles. The average molecular weight is 238 g/mol. The topological polar surface area (TPSA) is 81.2 Å². The number of nitrogens with one attached hydrogen (secondary N) is 1. The Hall–Kier alpha value is -1.69. The molecule has 1 unspecified atom stereocenters. The van der Waals surface area contributed by atoms with E-state index in [0.29, 0.717) is 25.2 Å². The lowest BCUT2D eigenvalue weighted by Gasteiger charge is -2.08. The standard InChI is InChI=1S/C11H14N2O4/c1-7-4-13(11(16)12-10(7)15)5-9(14)8-2-3-17-6-8/h4,8H,2-3,5-6H2,1H3,(H,12,15,16). The molecule has 6 heteroatoms. The van der Waals surface area contributed by atoms with E-state index in [1.165, 1.54) is 10.8 Å². The summed E-state index contributed by atoms with van der Waals surface area (Å²) < 4.78 is 6.36. The number of rotatable bonds is 3. The van der Waals surface area contributed by atoms with Gasteiger partial charge in [0.05, 0.1) is 13.2 Å². The molecule has 0 amide bonds. The molecule has 0 aliphatic carbocycles. The van der Waals surface area contributed by atoms with Crippen LogP contribution in [0.3, 0.4) is 0 Å². The van der Waals surface area contributed by atoms with Gasteiger partial charge in [-0.2, -0.15) is 0 Å². The Morgan fingerprint density at radius 3 is 3.00 bits per heavy atom. The van der Waals surface area contributed by atoms with Gasteiger partial charge in [-0.3, -0.25) is 19.1 Å². The average Bonchev–Trinajstić information content (AvgIpc) is 2.79. The van der Waals surface area contributed by atoms with E-state index in [2.05, 4.69) is 4.98 Å². The molecule has 1 aliphatic heterocycles. The Balaban J connectivity index is 2.18. The number of hydrogen-bond acceptors (Lipinski definition) is 4. The van der Waals surface area contributed by atoms with Crippen molar-refractivity contribution in [2.24, 2.45) is 5.92 Å². The third-order valence-corrected chi connectivity index (χ3v) is 2.90. The molecule has 0 radical (unpaired) electrons. The highest BCUT2D eigenvalue weighted by Crippen LogP contribution is 2.13. The fourth-order valence-corrected chi connectivity index (χ4v) is 1.82. The Morgan fingerprint density at radius 1 is 1.59 bits per heavy atom. The van der Waals surface area contributed by atoms with Gasteiger partial charge in [0.25, 0.3) is 5.56 Å². The minimum absolute atomic E-state index is 0.00944. The number of aromatic nitrogens is 2. The highest BCUT2D eigenvalue weighted by atomic mass is 16.5. The summed E-state index contributed by atoms with van der Waals surface area (Å²) in [6.07, 6.45) is 2.12. The van der Waals surface area contributed by atoms with Gasteiger partial charge in [0.15, 0.2) is 5.78 Å². The maximum absolute atomic E-state index is 11.8. The number of hydrogen-bond donors (Lipinski definition) is 1. The van der Waals surface area contributed by atoms with E-state index < -0.39 is 11.2 Å². The van der Waals surface area contributed by atoms with Crippen molar-refractivity contribution < 1.29 is 9.53 Å². The monoisotopic (exact) mass is 238 g/mol. The Morgan fingerprint density at radius 2 is 2.35 bits per heavy atom. The van der Waals surface area contributed by atoms with Crippen LogP contribution in [0, 0.1) is 12.8 Å². The summed E-state index contributed by atoms with van der Waals surface area (Å²) in [5.74, 6) is -0.162. The van der Waals surface area contributed by atoms with Crippen LogP contribution in [0.25, 0.3) is 0 Å². The fourth-order valence-electron chi connectivity index (χ4n) is 1.82. The van der Waals surface area contributed by atoms with E-state index in [1.807, 2.05) is 0 Å². The number of H-pyrrole nitrogens is 1. The van der Waals surface area contributed by atoms with Crippen LogP contribution in [0.5, 0.6) is 0 Å². The number of ketones is 1. The maximum Gasteiger partial charge on any atom is 0.328 e. The molecule has 1 aromatic rings. The van der Waals surface area contributed by atoms with Crippen LogP contribution in [-0.2, 0) is 16.1 Å². The second-order valence-electron chi connectivity index (χ2n) is 4.23. The van der Waals surface area contributed by atoms with Gasteiger partial charge in [-0.25, -0.2) is 4.79 Å². The van der Waals surface area contributed by atoms with Gasteiger partial charge >= 0.3 is 5.69 Å². The second-order valence-corrected chi connectivity index (χ2v) is 4.23. The highest BCUT2D eigenvalue weighted by Gasteiger charge is 2.23. The molecule has 0 saturated carbocycles. The van der Waals surface area contributed by atoms with E-state index in [1.54, 1.807) is 6.92 Å². The van der Waals surface area contributed by atoms with Crippen LogP contribution in [0.15, 0.2) is 15.8 Å². The molecule has 1 atom stereocenters. The molecule has 1 fully saturated rings. The molecule has 6 nitrogen and oxygen atoms in total. The zero-order valence-electron chi connectivity index (χ0n) is 9.56. The Bertz CT molecular complexity index is 537. The molecule has 2 heterocycles. The van der Waals surface area contributed by atoms with Gasteiger partial charge in [0, 0.05) is 24.3 Å². The maximum atomic E-state index is 11.8. The molecule has 0 aromatic carbocycles. The highest BCUT2D eigenvalue weighted by molar-refractivity contribution is 5.81. The van der Waals surface area contributed by atoms with Gasteiger partial charge in [-0.05, 0) is 13.3 Å². The molecule has 1 aromatic heterocycles. The van der Waals surface area contributed by atoms with Crippen LogP contribution < -0.4 is 11.2 Å². The first kappa shape index (κ1) is 11.8. The van der Waals surface area contributed by atoms with Crippen LogP contribution in [0.4, 0.5) is 0 Å². The minimum Gasteiger partial charge on any atom is -0.381 e. The van der Waals surface area contributed by atoms with Crippen molar-refractivity contribution in [3.63, 3.8) is 0 Å². The fraction of sp³-hybridized carbons (Fsp3) is 0.545. The lowest BCUT2D eigenvalue weighted by Crippen LogP contribution is -2.34. The van der Waals surface area contributed by atoms with Crippen molar-refractivity contribution >= 4 is 5.78 Å². The van der Waals surface area contributed by atoms with Gasteiger partial charge in [0.2, 0.25) is 0 Å². The van der Waals surface area contributed by atoms with E-state index in [-0.39, 0.29) is 18.2 Å². The quantitative estimate of drug-likeness (QED) is 0.766. The summed E-state index contributed by atoms with van der Waals surface area (Å²) in [4.78, 5) is 36.6. The van der Waals surface area contributed by atoms with Crippen molar-refractivity contribution in [2.75, 3.05) is 13.2 Å². The lowest BCUT2D eigenvalue weighted by molar-refractivity contribution is -0.123. The molecular formula is C11H14N2O4. The first-order valence-corrected chi connectivity index (χ1v) is 5.49. The van der Waals surface area contributed by atoms with E-state index in [0.717, 1.165) is 0 Å². The summed E-state index contributed by atoms with van der Waals surface area (Å²) in [6.45, 7) is 2.61. The second kappa shape index (κ2) is 4.67. The molecule has 0 spiro atoms. The third kappa shape index (κ3) is 2.52. The van der Waals surface area contributed by atoms with Crippen molar-refractivity contribution in [3.05, 3.63) is 32.6 Å². The third-order valence-electron chi connectivity index (χ3n) is 2.90. The largest absolute Gasteiger partial charge is 0.381 e. The summed E-state index contributed by atoms with van der Waals surface area (Å²) in [6, 6.07) is 0. The SMILES string of the molecule is Cc1cn(CC(=O)C2CCOC2)c(=O)[nH]c1=O. The molecule has 1 aliphatic rings. The zero-order chi connectivity index (χ0) is 12.4. The van der Waals surface area contributed by atoms with Crippen molar-refractivity contribution in [3.8, 4) is 0 Å². The molecule has 1 N–H and O–H groups in total. The Kier molecular flexibility index (Phi) is 3.23. The summed E-state index contributed by atoms with van der Waals surface area (Å²) in [7, 11) is 0. The van der Waals surface area contributed by atoms with Crippen molar-refractivity contribution in [2.45, 2.75) is 19.9 Å². The number of Topliss-reactive ketones (excluding diaryl/α,β-unsaturated/α-hetero) is 1. The van der Waals surface area contributed by atoms with Gasteiger partial charge in [-0.1, -0.05) is 0 Å². The Labute approximate surface area is 97.2 Å². The number of carbonyl (C=O) groups excluding carboxylic acids is 1. The molecule has 92 valence electrons. The lowest BCUT2D eigenvalue weighted by atomic mass is 10.0. The number of aryl methyl sites for hydroxylation is 1. The molecular weight excluding hydrogens is 224 g/mol. The number of nitrogens with zero attached hydrogens (tertiary/aromatic N) is 1. The summed E-state index contributed by atoms with van der Waals surface area (Å²) in [5, 5.41) is 0. The molecule has 2 rings (SSSR count). The predicted octanol–water partition coefficient (Wildman–Crippen LogP) is -0.549. The van der Waals surface area contributed by atoms with E-state index in [4.69, 9.17) is 4.74 Å². The van der Waals surface area contributed by atoms with Crippen LogP contribution in [0.1, 0.15) is 12.0 Å². The first-order valence-electron chi connectivity index (χ1n) is 5.49. The summed E-state index contributed by atoms with van der Waals surface area (Å²) >= 11 is 0. The number of ether oxygens (including phenoxy) is 1. The predicted molar refractivity (Wildman–Crippen MR) is 60.0 cm³/mol. The van der Waals surface area contributed by atoms with Gasteiger partial charge < -0.3 is 4.74 Å². The normalized spacial score (nSPS) is 19.5. The van der Waals surface area contributed by atoms with Gasteiger partial charge in [0.1, 0.15) is 0 Å². The van der Waals surface area contributed by atoms with E-state index in [9.17, 15) is 14.4 Å². The zero-order valence-corrected chi connectivity index (χ0v) is 9.56.